The Morgan fingerprint density at radius 1 is 1.08 bits per heavy atom. The molecule has 1 atom stereocenters. The first kappa shape index (κ1) is 17.8. The lowest BCUT2D eigenvalue weighted by molar-refractivity contribution is 0.0697. The summed E-state index contributed by atoms with van der Waals surface area (Å²) in [6.07, 6.45) is 1.71. The van der Waals surface area contributed by atoms with Gasteiger partial charge >= 0.3 is 5.97 Å². The van der Waals surface area contributed by atoms with Crippen molar-refractivity contribution in [1.29, 1.82) is 0 Å². The quantitative estimate of drug-likeness (QED) is 0.890. The van der Waals surface area contributed by atoms with Crippen LogP contribution in [0.4, 0.5) is 0 Å². The van der Waals surface area contributed by atoms with Crippen molar-refractivity contribution in [3.63, 3.8) is 0 Å². The maximum absolute atomic E-state index is 13.0. The molecule has 1 heterocycles. The molecule has 1 fully saturated rings. The van der Waals surface area contributed by atoms with Crippen molar-refractivity contribution in [1.82, 2.24) is 4.90 Å². The van der Waals surface area contributed by atoms with Crippen LogP contribution in [0.3, 0.4) is 0 Å². The fourth-order valence-corrected chi connectivity index (χ4v) is 3.38. The van der Waals surface area contributed by atoms with E-state index in [4.69, 9.17) is 14.6 Å². The van der Waals surface area contributed by atoms with Gasteiger partial charge in [-0.25, -0.2) is 4.79 Å². The van der Waals surface area contributed by atoms with Crippen molar-refractivity contribution in [3.8, 4) is 11.5 Å². The minimum atomic E-state index is -1.05. The Morgan fingerprint density at radius 3 is 2.54 bits per heavy atom. The summed E-state index contributed by atoms with van der Waals surface area (Å²) in [5.74, 6) is 0.145. The molecular formula is C20H21NO5. The largest absolute Gasteiger partial charge is 0.497 e. The second kappa shape index (κ2) is 7.47. The van der Waals surface area contributed by atoms with E-state index in [9.17, 15) is 9.59 Å². The van der Waals surface area contributed by atoms with Gasteiger partial charge in [0.1, 0.15) is 11.5 Å². The lowest BCUT2D eigenvalue weighted by Gasteiger charge is -2.26. The molecule has 136 valence electrons. The van der Waals surface area contributed by atoms with Crippen LogP contribution >= 0.6 is 0 Å². The van der Waals surface area contributed by atoms with E-state index >= 15 is 0 Å². The Balaban J connectivity index is 1.92. The van der Waals surface area contributed by atoms with E-state index in [1.54, 1.807) is 37.3 Å². The van der Waals surface area contributed by atoms with Gasteiger partial charge in [0, 0.05) is 23.7 Å². The normalized spacial score (nSPS) is 16.4. The number of carbonyl (C=O) groups excluding carboxylic acids is 1. The van der Waals surface area contributed by atoms with E-state index in [-0.39, 0.29) is 17.5 Å². The number of carboxylic acids is 1. The fourth-order valence-electron chi connectivity index (χ4n) is 3.38. The summed E-state index contributed by atoms with van der Waals surface area (Å²) in [5, 5.41) is 9.15. The number of rotatable bonds is 5. The van der Waals surface area contributed by atoms with Crippen LogP contribution < -0.4 is 9.47 Å². The smallest absolute Gasteiger partial charge is 0.335 e. The minimum absolute atomic E-state index is 0.105. The molecule has 26 heavy (non-hydrogen) atoms. The summed E-state index contributed by atoms with van der Waals surface area (Å²) < 4.78 is 10.7. The molecule has 1 unspecified atom stereocenters. The van der Waals surface area contributed by atoms with E-state index in [1.165, 1.54) is 12.1 Å². The molecule has 2 aromatic rings. The van der Waals surface area contributed by atoms with Crippen LogP contribution in [0, 0.1) is 0 Å². The van der Waals surface area contributed by atoms with E-state index in [0.29, 0.717) is 23.6 Å². The first-order chi connectivity index (χ1) is 12.5. The van der Waals surface area contributed by atoms with Crippen LogP contribution in [-0.4, -0.2) is 42.6 Å². The van der Waals surface area contributed by atoms with Crippen LogP contribution in [0.15, 0.2) is 42.5 Å². The number of benzene rings is 2. The summed E-state index contributed by atoms with van der Waals surface area (Å²) in [7, 11) is 3.19. The van der Waals surface area contributed by atoms with Gasteiger partial charge in [-0.1, -0.05) is 6.07 Å². The van der Waals surface area contributed by atoms with Crippen molar-refractivity contribution in [2.75, 3.05) is 20.8 Å². The second-order valence-electron chi connectivity index (χ2n) is 6.15. The molecule has 1 aliphatic rings. The zero-order valence-corrected chi connectivity index (χ0v) is 14.8. The highest BCUT2D eigenvalue weighted by Crippen LogP contribution is 2.39. The van der Waals surface area contributed by atoms with Crippen LogP contribution in [0.25, 0.3) is 0 Å². The van der Waals surface area contributed by atoms with Crippen molar-refractivity contribution in [2.45, 2.75) is 18.9 Å². The number of likely N-dealkylation sites (tertiary alicyclic amines) is 1. The van der Waals surface area contributed by atoms with Crippen LogP contribution in [0.1, 0.15) is 45.2 Å². The Morgan fingerprint density at radius 2 is 1.85 bits per heavy atom. The lowest BCUT2D eigenvalue weighted by Crippen LogP contribution is -2.30. The maximum atomic E-state index is 13.0. The molecule has 1 aliphatic heterocycles. The SMILES string of the molecule is COc1ccc(C2CCCN2C(=O)c2cccc(C(=O)O)c2)c(OC)c1. The molecule has 0 saturated carbocycles. The molecule has 0 radical (unpaired) electrons. The van der Waals surface area contributed by atoms with Gasteiger partial charge in [-0.2, -0.15) is 0 Å². The number of hydrogen-bond donors (Lipinski definition) is 1. The van der Waals surface area contributed by atoms with Gasteiger partial charge in [-0.05, 0) is 43.2 Å². The summed E-state index contributed by atoms with van der Waals surface area (Å²) >= 11 is 0. The topological polar surface area (TPSA) is 76.1 Å². The Labute approximate surface area is 152 Å². The summed E-state index contributed by atoms with van der Waals surface area (Å²) in [4.78, 5) is 26.0. The standard InChI is InChI=1S/C20H21NO5/c1-25-15-8-9-16(18(12-15)26-2)17-7-4-10-21(17)19(22)13-5-3-6-14(11-13)20(23)24/h3,5-6,8-9,11-12,17H,4,7,10H2,1-2H3,(H,23,24). The van der Waals surface area contributed by atoms with Crippen molar-refractivity contribution in [3.05, 3.63) is 59.2 Å². The molecule has 0 bridgehead atoms. The Hall–Kier alpha value is -3.02. The number of carboxylic acid groups (broad SMARTS) is 1. The third-order valence-electron chi connectivity index (χ3n) is 4.67. The first-order valence-electron chi connectivity index (χ1n) is 8.41. The molecule has 0 aromatic heterocycles. The second-order valence-corrected chi connectivity index (χ2v) is 6.15. The van der Waals surface area contributed by atoms with E-state index in [0.717, 1.165) is 18.4 Å². The van der Waals surface area contributed by atoms with Gasteiger partial charge in [0.2, 0.25) is 0 Å². The van der Waals surface area contributed by atoms with Gasteiger partial charge in [-0.15, -0.1) is 0 Å². The number of amides is 1. The van der Waals surface area contributed by atoms with Crippen LogP contribution in [-0.2, 0) is 0 Å². The molecule has 3 rings (SSSR count). The molecule has 0 aliphatic carbocycles. The minimum Gasteiger partial charge on any atom is -0.497 e. The van der Waals surface area contributed by atoms with E-state index < -0.39 is 5.97 Å². The molecule has 6 nitrogen and oxygen atoms in total. The molecule has 0 spiro atoms. The third kappa shape index (κ3) is 3.35. The third-order valence-corrected chi connectivity index (χ3v) is 4.67. The van der Waals surface area contributed by atoms with E-state index in [1.807, 2.05) is 12.1 Å². The van der Waals surface area contributed by atoms with Gasteiger partial charge in [-0.3, -0.25) is 4.79 Å². The average molecular weight is 355 g/mol. The van der Waals surface area contributed by atoms with Crippen LogP contribution in [0.5, 0.6) is 11.5 Å². The van der Waals surface area contributed by atoms with Gasteiger partial charge < -0.3 is 19.5 Å². The summed E-state index contributed by atoms with van der Waals surface area (Å²) in [6, 6.07) is 11.6. The molecule has 2 aromatic carbocycles. The van der Waals surface area contributed by atoms with E-state index in [2.05, 4.69) is 0 Å². The molecule has 1 amide bonds. The summed E-state index contributed by atoms with van der Waals surface area (Å²) in [6.45, 7) is 0.621. The lowest BCUT2D eigenvalue weighted by atomic mass is 10.0. The number of methoxy groups -OCH3 is 2. The predicted molar refractivity (Wildman–Crippen MR) is 96.0 cm³/mol. The van der Waals surface area contributed by atoms with Crippen molar-refractivity contribution >= 4 is 11.9 Å². The first-order valence-corrected chi connectivity index (χ1v) is 8.41. The maximum Gasteiger partial charge on any atom is 0.335 e. The fraction of sp³-hybridized carbons (Fsp3) is 0.300. The number of hydrogen-bond acceptors (Lipinski definition) is 4. The Bertz CT molecular complexity index is 833. The zero-order valence-electron chi connectivity index (χ0n) is 14.8. The zero-order chi connectivity index (χ0) is 18.7. The number of carbonyl (C=O) groups is 2. The number of nitrogens with zero attached hydrogens (tertiary/aromatic N) is 1. The molecule has 1 N–H and O–H groups in total. The number of ether oxygens (including phenoxy) is 2. The highest BCUT2D eigenvalue weighted by molar-refractivity contribution is 5.97. The van der Waals surface area contributed by atoms with Crippen LogP contribution in [0.2, 0.25) is 0 Å². The molecular weight excluding hydrogens is 334 g/mol. The van der Waals surface area contributed by atoms with Gasteiger partial charge in [0.05, 0.1) is 25.8 Å². The molecule has 1 saturated heterocycles. The number of aromatic carboxylic acids is 1. The summed E-state index contributed by atoms with van der Waals surface area (Å²) in [5.41, 5.74) is 1.41. The molecule has 6 heteroatoms. The van der Waals surface area contributed by atoms with Crippen molar-refractivity contribution < 1.29 is 24.2 Å². The predicted octanol–water partition coefficient (Wildman–Crippen LogP) is 3.38. The average Bonchev–Trinajstić information content (AvgIpc) is 3.16. The van der Waals surface area contributed by atoms with Gasteiger partial charge in [0.25, 0.3) is 5.91 Å². The highest BCUT2D eigenvalue weighted by atomic mass is 16.5. The monoisotopic (exact) mass is 355 g/mol. The van der Waals surface area contributed by atoms with Crippen molar-refractivity contribution in [2.24, 2.45) is 0 Å². The van der Waals surface area contributed by atoms with Gasteiger partial charge in [0.15, 0.2) is 0 Å². The highest BCUT2D eigenvalue weighted by Gasteiger charge is 2.32. The Kier molecular flexibility index (Phi) is 5.11.